The van der Waals surface area contributed by atoms with Crippen molar-refractivity contribution in [2.24, 2.45) is 0 Å². The van der Waals surface area contributed by atoms with Crippen LogP contribution in [0.3, 0.4) is 0 Å². The van der Waals surface area contributed by atoms with Gasteiger partial charge in [0.15, 0.2) is 16.1 Å². The molecule has 7 heteroatoms. The second kappa shape index (κ2) is 4.99. The number of hydrogen-bond acceptors (Lipinski definition) is 6. The summed E-state index contributed by atoms with van der Waals surface area (Å²) in [5.74, 6) is 1.50. The van der Waals surface area contributed by atoms with Gasteiger partial charge in [0.2, 0.25) is 0 Å². The predicted molar refractivity (Wildman–Crippen MR) is 73.0 cm³/mol. The molecule has 0 saturated carbocycles. The number of nitrogens with zero attached hydrogens (tertiary/aromatic N) is 1. The summed E-state index contributed by atoms with van der Waals surface area (Å²) >= 11 is 3.00. The number of hydrogen-bond donors (Lipinski definition) is 0. The highest BCUT2D eigenvalue weighted by Crippen LogP contribution is 2.29. The van der Waals surface area contributed by atoms with E-state index in [1.165, 1.54) is 17.6 Å². The molecule has 0 aromatic carbocycles. The number of rotatable bonds is 3. The molecule has 17 heavy (non-hydrogen) atoms. The minimum absolute atomic E-state index is 0.477. The third-order valence-corrected chi connectivity index (χ3v) is 6.12. The standard InChI is InChI=1S/C10H13NO3S3/c1-17(13,14)10-7-15-3-2-11(10)8-4-9(5-12)16-6-8/h4-6,10H,2-3,7H2,1H3. The molecule has 1 aromatic rings. The molecule has 4 nitrogen and oxygen atoms in total. The molecule has 2 rings (SSSR count). The number of anilines is 1. The molecule has 1 unspecified atom stereocenters. The van der Waals surface area contributed by atoms with Crippen molar-refractivity contribution in [3.8, 4) is 0 Å². The Morgan fingerprint density at radius 1 is 1.53 bits per heavy atom. The average Bonchev–Trinajstić information content (AvgIpc) is 2.76. The van der Waals surface area contributed by atoms with Crippen LogP contribution in [0, 0.1) is 0 Å². The first-order valence-corrected chi connectivity index (χ1v) is 9.08. The topological polar surface area (TPSA) is 54.5 Å². The van der Waals surface area contributed by atoms with Crippen LogP contribution >= 0.6 is 23.1 Å². The van der Waals surface area contributed by atoms with E-state index in [4.69, 9.17) is 0 Å². The monoisotopic (exact) mass is 291 g/mol. The van der Waals surface area contributed by atoms with E-state index >= 15 is 0 Å². The van der Waals surface area contributed by atoms with Crippen molar-refractivity contribution in [1.82, 2.24) is 0 Å². The summed E-state index contributed by atoms with van der Waals surface area (Å²) in [5, 5.41) is 1.37. The molecule has 0 aliphatic carbocycles. The summed E-state index contributed by atoms with van der Waals surface area (Å²) in [7, 11) is -3.10. The van der Waals surface area contributed by atoms with Gasteiger partial charge in [-0.2, -0.15) is 11.8 Å². The van der Waals surface area contributed by atoms with Gasteiger partial charge in [0.05, 0.1) is 4.88 Å². The summed E-state index contributed by atoms with van der Waals surface area (Å²) in [5.41, 5.74) is 0.841. The Kier molecular flexibility index (Phi) is 3.79. The highest BCUT2D eigenvalue weighted by atomic mass is 32.2. The van der Waals surface area contributed by atoms with E-state index in [0.717, 1.165) is 17.7 Å². The molecule has 1 aliphatic heterocycles. The first kappa shape index (κ1) is 12.9. The number of thioether (sulfide) groups is 1. The molecule has 1 saturated heterocycles. The summed E-state index contributed by atoms with van der Waals surface area (Å²) in [6.45, 7) is 0.706. The lowest BCUT2D eigenvalue weighted by Crippen LogP contribution is -2.46. The van der Waals surface area contributed by atoms with Crippen LogP contribution in [-0.4, -0.2) is 44.4 Å². The molecule has 0 bridgehead atoms. The van der Waals surface area contributed by atoms with Gasteiger partial charge < -0.3 is 4.90 Å². The van der Waals surface area contributed by atoms with Crippen LogP contribution in [-0.2, 0) is 9.84 Å². The lowest BCUT2D eigenvalue weighted by atomic mass is 10.3. The third kappa shape index (κ3) is 2.83. The van der Waals surface area contributed by atoms with Gasteiger partial charge in [-0.05, 0) is 6.07 Å². The molecule has 0 amide bonds. The van der Waals surface area contributed by atoms with E-state index in [0.29, 0.717) is 17.2 Å². The maximum absolute atomic E-state index is 11.7. The fourth-order valence-corrected chi connectivity index (χ4v) is 5.33. The van der Waals surface area contributed by atoms with Gasteiger partial charge in [-0.3, -0.25) is 4.79 Å². The summed E-state index contributed by atoms with van der Waals surface area (Å²) < 4.78 is 23.5. The fraction of sp³-hybridized carbons (Fsp3) is 0.500. The molecular weight excluding hydrogens is 278 g/mol. The maximum atomic E-state index is 11.7. The Morgan fingerprint density at radius 3 is 2.88 bits per heavy atom. The van der Waals surface area contributed by atoms with Gasteiger partial charge in [-0.15, -0.1) is 11.3 Å². The Balaban J connectivity index is 2.30. The number of sulfone groups is 1. The van der Waals surface area contributed by atoms with E-state index in [1.807, 2.05) is 10.3 Å². The maximum Gasteiger partial charge on any atom is 0.169 e. The first-order chi connectivity index (χ1) is 8.02. The smallest absolute Gasteiger partial charge is 0.169 e. The largest absolute Gasteiger partial charge is 0.353 e. The van der Waals surface area contributed by atoms with E-state index in [1.54, 1.807) is 17.8 Å². The minimum atomic E-state index is -3.10. The van der Waals surface area contributed by atoms with Gasteiger partial charge in [0, 0.05) is 35.4 Å². The number of thiophene rings is 1. The highest BCUT2D eigenvalue weighted by molar-refractivity contribution is 8.01. The first-order valence-electron chi connectivity index (χ1n) is 5.09. The van der Waals surface area contributed by atoms with Gasteiger partial charge in [0.1, 0.15) is 5.37 Å². The predicted octanol–water partition coefficient (Wildman–Crippen LogP) is 1.48. The second-order valence-electron chi connectivity index (χ2n) is 3.88. The van der Waals surface area contributed by atoms with E-state index in [-0.39, 0.29) is 0 Å². The van der Waals surface area contributed by atoms with Crippen LogP contribution in [0.4, 0.5) is 5.69 Å². The van der Waals surface area contributed by atoms with Crippen molar-refractivity contribution in [2.45, 2.75) is 5.37 Å². The Bertz CT molecular complexity index is 509. The fourth-order valence-electron chi connectivity index (χ4n) is 1.79. The quantitative estimate of drug-likeness (QED) is 0.790. The lowest BCUT2D eigenvalue weighted by Gasteiger charge is -2.35. The Morgan fingerprint density at radius 2 is 2.29 bits per heavy atom. The second-order valence-corrected chi connectivity index (χ2v) is 8.17. The van der Waals surface area contributed by atoms with Crippen molar-refractivity contribution in [3.63, 3.8) is 0 Å². The van der Waals surface area contributed by atoms with Gasteiger partial charge in [0.25, 0.3) is 0 Å². The van der Waals surface area contributed by atoms with Crippen LogP contribution in [0.1, 0.15) is 9.67 Å². The van der Waals surface area contributed by atoms with Crippen LogP contribution in [0.15, 0.2) is 11.4 Å². The van der Waals surface area contributed by atoms with Crippen molar-refractivity contribution in [1.29, 1.82) is 0 Å². The molecule has 0 spiro atoms. The zero-order valence-corrected chi connectivity index (χ0v) is 11.8. The number of carbonyl (C=O) groups is 1. The molecule has 1 atom stereocenters. The molecule has 0 radical (unpaired) electrons. The third-order valence-electron chi connectivity index (χ3n) is 2.63. The number of aldehydes is 1. The van der Waals surface area contributed by atoms with E-state index in [2.05, 4.69) is 0 Å². The summed E-state index contributed by atoms with van der Waals surface area (Å²) in [6.07, 6.45) is 2.06. The van der Waals surface area contributed by atoms with Gasteiger partial charge in [-0.1, -0.05) is 0 Å². The van der Waals surface area contributed by atoms with Gasteiger partial charge in [-0.25, -0.2) is 8.42 Å². The minimum Gasteiger partial charge on any atom is -0.353 e. The van der Waals surface area contributed by atoms with Crippen LogP contribution in [0.25, 0.3) is 0 Å². The van der Waals surface area contributed by atoms with Crippen molar-refractivity contribution < 1.29 is 13.2 Å². The average molecular weight is 291 g/mol. The SMILES string of the molecule is CS(=O)(=O)C1CSCCN1c1csc(C=O)c1. The molecule has 1 aromatic heterocycles. The van der Waals surface area contributed by atoms with Gasteiger partial charge >= 0.3 is 0 Å². The van der Waals surface area contributed by atoms with E-state index < -0.39 is 15.2 Å². The normalized spacial score (nSPS) is 21.5. The lowest BCUT2D eigenvalue weighted by molar-refractivity contribution is 0.112. The zero-order valence-electron chi connectivity index (χ0n) is 9.33. The molecule has 2 heterocycles. The molecule has 0 N–H and O–H groups in total. The molecule has 1 fully saturated rings. The summed E-state index contributed by atoms with van der Waals surface area (Å²) in [4.78, 5) is 13.2. The molecule has 1 aliphatic rings. The Hall–Kier alpha value is -0.530. The van der Waals surface area contributed by atoms with Crippen molar-refractivity contribution >= 4 is 44.9 Å². The zero-order chi connectivity index (χ0) is 12.5. The van der Waals surface area contributed by atoms with E-state index in [9.17, 15) is 13.2 Å². The van der Waals surface area contributed by atoms with Crippen molar-refractivity contribution in [3.05, 3.63) is 16.3 Å². The van der Waals surface area contributed by atoms with Crippen LogP contribution < -0.4 is 4.90 Å². The Labute approximate surface area is 109 Å². The summed E-state index contributed by atoms with van der Waals surface area (Å²) in [6, 6.07) is 1.76. The highest BCUT2D eigenvalue weighted by Gasteiger charge is 2.31. The molecular formula is C10H13NO3S3. The molecule has 94 valence electrons. The van der Waals surface area contributed by atoms with Crippen molar-refractivity contribution in [2.75, 3.05) is 29.2 Å². The van der Waals surface area contributed by atoms with Crippen LogP contribution in [0.2, 0.25) is 0 Å². The number of carbonyl (C=O) groups excluding carboxylic acids is 1. The van der Waals surface area contributed by atoms with Crippen LogP contribution in [0.5, 0.6) is 0 Å².